The second-order valence-electron chi connectivity index (χ2n) is 8.03. The first-order valence-corrected chi connectivity index (χ1v) is 10.0. The first-order chi connectivity index (χ1) is 13.3. The van der Waals surface area contributed by atoms with Gasteiger partial charge >= 0.3 is 5.97 Å². The van der Waals surface area contributed by atoms with Crippen LogP contribution in [0.25, 0.3) is 0 Å². The Hall–Kier alpha value is -2.33. The van der Waals surface area contributed by atoms with Gasteiger partial charge in [-0.1, -0.05) is 55.8 Å². The highest BCUT2D eigenvalue weighted by Crippen LogP contribution is 2.44. The van der Waals surface area contributed by atoms with Crippen molar-refractivity contribution in [1.82, 2.24) is 0 Å². The third-order valence-corrected chi connectivity index (χ3v) is 5.61. The fourth-order valence-corrected chi connectivity index (χ4v) is 4.26. The Morgan fingerprint density at radius 3 is 2.57 bits per heavy atom. The number of carbonyl (C=O) groups is 1. The predicted molar refractivity (Wildman–Crippen MR) is 109 cm³/mol. The van der Waals surface area contributed by atoms with Gasteiger partial charge in [0.1, 0.15) is 18.5 Å². The second-order valence-corrected chi connectivity index (χ2v) is 8.03. The molecule has 0 aliphatic carbocycles. The van der Waals surface area contributed by atoms with Crippen molar-refractivity contribution in [2.24, 2.45) is 0 Å². The Morgan fingerprint density at radius 2 is 1.89 bits per heavy atom. The third-order valence-electron chi connectivity index (χ3n) is 5.61. The van der Waals surface area contributed by atoms with Crippen LogP contribution in [0.2, 0.25) is 0 Å². The summed E-state index contributed by atoms with van der Waals surface area (Å²) in [5.74, 6) is 0.235. The molecule has 2 aromatic carbocycles. The molecule has 1 heterocycles. The van der Waals surface area contributed by atoms with Gasteiger partial charge in [-0.15, -0.1) is 0 Å². The highest BCUT2D eigenvalue weighted by molar-refractivity contribution is 5.72. The van der Waals surface area contributed by atoms with Crippen molar-refractivity contribution in [3.05, 3.63) is 64.7 Å². The van der Waals surface area contributed by atoms with E-state index < -0.39 is 5.60 Å². The minimum atomic E-state index is -1.15. The van der Waals surface area contributed by atoms with E-state index in [1.54, 1.807) is 6.92 Å². The molecule has 1 aliphatic heterocycles. The normalized spacial score (nSPS) is 24.7. The molecule has 3 rings (SSSR count). The van der Waals surface area contributed by atoms with Crippen LogP contribution in [0.5, 0.6) is 5.75 Å². The maximum atomic E-state index is 12.0. The molecule has 4 nitrogen and oxygen atoms in total. The lowest BCUT2D eigenvalue weighted by Gasteiger charge is -2.42. The first-order valence-electron chi connectivity index (χ1n) is 10.0. The molecule has 1 fully saturated rings. The van der Waals surface area contributed by atoms with E-state index in [2.05, 4.69) is 6.92 Å². The zero-order valence-corrected chi connectivity index (χ0v) is 17.2. The molecule has 0 saturated carbocycles. The molecule has 1 aliphatic rings. The standard InChI is InChI=1S/C24H30O4/c1-5-9-20-22(24(4,26)14-21(25)28-20)19-13-12-16(2)23(17(19)3)27-15-18-10-7-6-8-11-18/h6-8,10-13,20,22,26H,5,9,14-15H2,1-4H3. The smallest absolute Gasteiger partial charge is 0.309 e. The summed E-state index contributed by atoms with van der Waals surface area (Å²) in [5, 5.41) is 11.1. The van der Waals surface area contributed by atoms with Crippen LogP contribution in [-0.2, 0) is 16.1 Å². The highest BCUT2D eigenvalue weighted by atomic mass is 16.5. The van der Waals surface area contributed by atoms with Gasteiger partial charge in [-0.25, -0.2) is 0 Å². The largest absolute Gasteiger partial charge is 0.488 e. The molecule has 3 atom stereocenters. The molecule has 28 heavy (non-hydrogen) atoms. The summed E-state index contributed by atoms with van der Waals surface area (Å²) in [5.41, 5.74) is 3.00. The van der Waals surface area contributed by atoms with Crippen molar-refractivity contribution < 1.29 is 19.4 Å². The van der Waals surface area contributed by atoms with Gasteiger partial charge in [0.05, 0.1) is 17.9 Å². The molecule has 150 valence electrons. The highest BCUT2D eigenvalue weighted by Gasteiger charge is 2.47. The van der Waals surface area contributed by atoms with Crippen molar-refractivity contribution in [3.63, 3.8) is 0 Å². The van der Waals surface area contributed by atoms with E-state index in [1.807, 2.05) is 56.3 Å². The monoisotopic (exact) mass is 382 g/mol. The third kappa shape index (κ3) is 4.22. The number of hydrogen-bond acceptors (Lipinski definition) is 4. The lowest BCUT2D eigenvalue weighted by atomic mass is 9.73. The molecule has 0 spiro atoms. The molecule has 0 bridgehead atoms. The topological polar surface area (TPSA) is 55.8 Å². The zero-order valence-electron chi connectivity index (χ0n) is 17.2. The molecule has 2 aromatic rings. The Kier molecular flexibility index (Phi) is 6.09. The summed E-state index contributed by atoms with van der Waals surface area (Å²) < 4.78 is 11.8. The minimum Gasteiger partial charge on any atom is -0.488 e. The Balaban J connectivity index is 1.95. The van der Waals surface area contributed by atoms with Crippen LogP contribution in [0, 0.1) is 13.8 Å². The number of rotatable bonds is 6. The minimum absolute atomic E-state index is 0.00536. The van der Waals surface area contributed by atoms with Crippen LogP contribution in [0.3, 0.4) is 0 Å². The molecular weight excluding hydrogens is 352 g/mol. The van der Waals surface area contributed by atoms with Gasteiger partial charge in [-0.05, 0) is 49.4 Å². The molecule has 3 unspecified atom stereocenters. The maximum Gasteiger partial charge on any atom is 0.309 e. The van der Waals surface area contributed by atoms with Gasteiger partial charge in [-0.2, -0.15) is 0 Å². The summed E-state index contributed by atoms with van der Waals surface area (Å²) in [6.07, 6.45) is 1.28. The number of aliphatic hydroxyl groups is 1. The number of esters is 1. The molecule has 1 N–H and O–H groups in total. The van der Waals surface area contributed by atoms with Crippen LogP contribution >= 0.6 is 0 Å². The van der Waals surface area contributed by atoms with Crippen molar-refractivity contribution in [1.29, 1.82) is 0 Å². The van der Waals surface area contributed by atoms with Crippen molar-refractivity contribution in [2.45, 2.75) is 71.2 Å². The van der Waals surface area contributed by atoms with Gasteiger partial charge in [0, 0.05) is 0 Å². The Bertz CT molecular complexity index is 826. The number of cyclic esters (lactones) is 1. The van der Waals surface area contributed by atoms with E-state index in [4.69, 9.17) is 9.47 Å². The van der Waals surface area contributed by atoms with Gasteiger partial charge < -0.3 is 14.6 Å². The lowest BCUT2D eigenvalue weighted by molar-refractivity contribution is -0.173. The van der Waals surface area contributed by atoms with E-state index in [-0.39, 0.29) is 24.4 Å². The predicted octanol–water partition coefficient (Wildman–Crippen LogP) is 4.83. The lowest BCUT2D eigenvalue weighted by Crippen LogP contribution is -2.48. The Morgan fingerprint density at radius 1 is 1.18 bits per heavy atom. The van der Waals surface area contributed by atoms with Crippen LogP contribution in [0.4, 0.5) is 0 Å². The summed E-state index contributed by atoms with van der Waals surface area (Å²) in [6.45, 7) is 8.34. The summed E-state index contributed by atoms with van der Waals surface area (Å²) in [7, 11) is 0. The summed E-state index contributed by atoms with van der Waals surface area (Å²) in [6, 6.07) is 14.1. The van der Waals surface area contributed by atoms with Crippen LogP contribution in [0.1, 0.15) is 61.3 Å². The van der Waals surface area contributed by atoms with Crippen molar-refractivity contribution in [2.75, 3.05) is 0 Å². The van der Waals surface area contributed by atoms with E-state index in [0.717, 1.165) is 40.8 Å². The Labute approximate surface area is 167 Å². The van der Waals surface area contributed by atoms with Crippen molar-refractivity contribution in [3.8, 4) is 5.75 Å². The van der Waals surface area contributed by atoms with Gasteiger partial charge in [-0.3, -0.25) is 4.79 Å². The maximum absolute atomic E-state index is 12.0. The number of benzene rings is 2. The van der Waals surface area contributed by atoms with Crippen LogP contribution in [-0.4, -0.2) is 22.8 Å². The first kappa shape index (κ1) is 20.4. The van der Waals surface area contributed by atoms with Crippen LogP contribution in [0.15, 0.2) is 42.5 Å². The number of ether oxygens (including phenoxy) is 2. The van der Waals surface area contributed by atoms with Crippen molar-refractivity contribution >= 4 is 5.97 Å². The summed E-state index contributed by atoms with van der Waals surface area (Å²) in [4.78, 5) is 12.0. The van der Waals surface area contributed by atoms with E-state index in [0.29, 0.717) is 6.61 Å². The number of aryl methyl sites for hydroxylation is 1. The van der Waals surface area contributed by atoms with Gasteiger partial charge in [0.2, 0.25) is 0 Å². The van der Waals surface area contributed by atoms with E-state index in [1.165, 1.54) is 0 Å². The zero-order chi connectivity index (χ0) is 20.3. The summed E-state index contributed by atoms with van der Waals surface area (Å²) >= 11 is 0. The molecular formula is C24H30O4. The van der Waals surface area contributed by atoms with E-state index in [9.17, 15) is 9.90 Å². The fourth-order valence-electron chi connectivity index (χ4n) is 4.26. The molecule has 0 amide bonds. The molecule has 0 radical (unpaired) electrons. The van der Waals surface area contributed by atoms with E-state index >= 15 is 0 Å². The van der Waals surface area contributed by atoms with Gasteiger partial charge in [0.25, 0.3) is 0 Å². The number of hydrogen-bond donors (Lipinski definition) is 1. The molecule has 0 aromatic heterocycles. The van der Waals surface area contributed by atoms with Crippen LogP contribution < -0.4 is 4.74 Å². The average Bonchev–Trinajstić information content (AvgIpc) is 2.63. The molecule has 1 saturated heterocycles. The quantitative estimate of drug-likeness (QED) is 0.727. The average molecular weight is 383 g/mol. The fraction of sp³-hybridized carbons (Fsp3) is 0.458. The number of carbonyl (C=O) groups excluding carboxylic acids is 1. The SMILES string of the molecule is CCCC1OC(=O)CC(C)(O)C1c1ccc(C)c(OCc2ccccc2)c1C. The second kappa shape index (κ2) is 8.36. The molecule has 4 heteroatoms. The van der Waals surface area contributed by atoms with Gasteiger partial charge in [0.15, 0.2) is 0 Å².